The van der Waals surface area contributed by atoms with Gasteiger partial charge in [0, 0.05) is 63.7 Å². The van der Waals surface area contributed by atoms with Gasteiger partial charge in [0.25, 0.3) is 0 Å². The Morgan fingerprint density at radius 2 is 1.00 bits per heavy atom. The van der Waals surface area contributed by atoms with Crippen LogP contribution in [0.3, 0.4) is 0 Å². The molecule has 0 radical (unpaired) electrons. The van der Waals surface area contributed by atoms with Gasteiger partial charge in [0.1, 0.15) is 0 Å². The molecule has 0 saturated heterocycles. The number of aromatic nitrogens is 4. The van der Waals surface area contributed by atoms with Crippen LogP contribution in [0.25, 0.3) is 119 Å². The van der Waals surface area contributed by atoms with E-state index in [0.29, 0.717) is 5.95 Å². The Balaban J connectivity index is 1.09. The normalized spacial score (nSPS) is 12.1. The lowest BCUT2D eigenvalue weighted by Crippen LogP contribution is -2.04. The minimum Gasteiger partial charge on any atom is -0.309 e. The van der Waals surface area contributed by atoms with Crippen molar-refractivity contribution in [2.24, 2.45) is 0 Å². The first kappa shape index (κ1) is 32.5. The van der Waals surface area contributed by atoms with E-state index in [0.717, 1.165) is 44.3 Å². The highest BCUT2D eigenvalue weighted by molar-refractivity contribution is 7.26. The van der Waals surface area contributed by atoms with Crippen molar-refractivity contribution < 1.29 is 0 Å². The molecular formula is C54H32N4S. The zero-order valence-corrected chi connectivity index (χ0v) is 32.5. The van der Waals surface area contributed by atoms with Crippen molar-refractivity contribution in [1.29, 1.82) is 0 Å². The third-order valence-electron chi connectivity index (χ3n) is 12.1. The van der Waals surface area contributed by atoms with E-state index in [1.54, 1.807) is 0 Å². The average Bonchev–Trinajstić information content (AvgIpc) is 3.96. The van der Waals surface area contributed by atoms with Crippen molar-refractivity contribution in [3.05, 3.63) is 194 Å². The predicted molar refractivity (Wildman–Crippen MR) is 249 cm³/mol. The second-order valence-electron chi connectivity index (χ2n) is 15.3. The van der Waals surface area contributed by atoms with Crippen LogP contribution in [-0.4, -0.2) is 19.1 Å². The lowest BCUT2D eigenvalue weighted by molar-refractivity contribution is 1.02. The second-order valence-corrected chi connectivity index (χ2v) is 16.4. The van der Waals surface area contributed by atoms with Crippen LogP contribution < -0.4 is 0 Å². The van der Waals surface area contributed by atoms with Crippen LogP contribution in [0.1, 0.15) is 0 Å². The van der Waals surface area contributed by atoms with E-state index in [9.17, 15) is 0 Å². The standard InChI is InChI=1S/C54H32N4S/c1-2-15-34(16-3-1)57-47-26-11-7-18-36(47)44-31-33(29-30-49(44)57)43-32-45-37-19-8-12-27-48(37)58(52(45)39-21-5-4-17-35(39)43)54-55-46-25-10-6-22-41(46)51(56-54)42-24-14-23-40-38-20-9-13-28-50(38)59-53(40)42/h1-32H. The molecule has 0 unspecified atom stereocenters. The van der Waals surface area contributed by atoms with Crippen LogP contribution in [0, 0.1) is 0 Å². The SMILES string of the molecule is c1ccc(-n2c3ccccc3c3cc(-c4cc5c6ccccc6n(-c6nc(-c7cccc8c7sc7ccccc78)c7ccccc7n6)c5c5ccccc45)ccc32)cc1. The molecule has 5 heteroatoms. The molecule has 13 aromatic rings. The number of thiophene rings is 1. The highest BCUT2D eigenvalue weighted by Gasteiger charge is 2.22. The predicted octanol–water partition coefficient (Wildman–Crippen LogP) is 14.7. The molecule has 0 aliphatic heterocycles. The van der Waals surface area contributed by atoms with Gasteiger partial charge in [-0.3, -0.25) is 4.57 Å². The largest absolute Gasteiger partial charge is 0.309 e. The third kappa shape index (κ3) is 4.71. The number of fused-ring (bicyclic) bond motifs is 12. The summed E-state index contributed by atoms with van der Waals surface area (Å²) in [5.74, 6) is 0.663. The van der Waals surface area contributed by atoms with Crippen molar-refractivity contribution in [3.63, 3.8) is 0 Å². The maximum absolute atomic E-state index is 5.57. The smallest absolute Gasteiger partial charge is 0.235 e. The van der Waals surface area contributed by atoms with E-state index in [4.69, 9.17) is 9.97 Å². The quantitative estimate of drug-likeness (QED) is 0.179. The molecule has 0 amide bonds. The average molecular weight is 769 g/mol. The minimum absolute atomic E-state index is 0.663. The Bertz CT molecular complexity index is 3850. The molecule has 0 bridgehead atoms. The molecule has 0 saturated carbocycles. The second kappa shape index (κ2) is 12.4. The van der Waals surface area contributed by atoms with Gasteiger partial charge >= 0.3 is 0 Å². The number of para-hydroxylation sites is 4. The molecule has 13 rings (SSSR count). The lowest BCUT2D eigenvalue weighted by atomic mass is 9.94. The van der Waals surface area contributed by atoms with Gasteiger partial charge in [-0.25, -0.2) is 9.97 Å². The van der Waals surface area contributed by atoms with E-state index in [1.807, 2.05) is 11.3 Å². The maximum atomic E-state index is 5.57. The summed E-state index contributed by atoms with van der Waals surface area (Å²) in [6, 6.07) is 70.0. The van der Waals surface area contributed by atoms with E-state index >= 15 is 0 Å². The van der Waals surface area contributed by atoms with Crippen LogP contribution in [0.2, 0.25) is 0 Å². The molecule has 4 heterocycles. The summed E-state index contributed by atoms with van der Waals surface area (Å²) < 4.78 is 7.20. The van der Waals surface area contributed by atoms with E-state index in [1.165, 1.54) is 69.3 Å². The molecule has 59 heavy (non-hydrogen) atoms. The van der Waals surface area contributed by atoms with Crippen LogP contribution in [0.5, 0.6) is 0 Å². The molecule has 4 nitrogen and oxygen atoms in total. The Labute approximate surface area is 342 Å². The van der Waals surface area contributed by atoms with Crippen molar-refractivity contribution in [2.75, 3.05) is 0 Å². The number of hydrogen-bond donors (Lipinski definition) is 0. The summed E-state index contributed by atoms with van der Waals surface area (Å²) in [6.07, 6.45) is 0. The van der Waals surface area contributed by atoms with Crippen molar-refractivity contribution >= 4 is 96.8 Å². The monoisotopic (exact) mass is 768 g/mol. The number of nitrogens with zero attached hydrogens (tertiary/aromatic N) is 4. The number of hydrogen-bond acceptors (Lipinski definition) is 3. The number of rotatable bonds is 4. The molecule has 4 aromatic heterocycles. The van der Waals surface area contributed by atoms with E-state index in [-0.39, 0.29) is 0 Å². The van der Waals surface area contributed by atoms with E-state index in [2.05, 4.69) is 203 Å². The minimum atomic E-state index is 0.663. The molecule has 0 aliphatic carbocycles. The van der Waals surface area contributed by atoms with Gasteiger partial charge in [0.15, 0.2) is 0 Å². The molecule has 0 atom stereocenters. The molecule has 274 valence electrons. The Kier molecular flexibility index (Phi) is 6.85. The first-order valence-corrected chi connectivity index (χ1v) is 20.8. The Hall–Kier alpha value is -7.60. The summed E-state index contributed by atoms with van der Waals surface area (Å²) in [5, 5.41) is 10.7. The van der Waals surface area contributed by atoms with Gasteiger partial charge < -0.3 is 4.57 Å². The maximum Gasteiger partial charge on any atom is 0.235 e. The zero-order chi connectivity index (χ0) is 38.6. The van der Waals surface area contributed by atoms with Crippen molar-refractivity contribution in [1.82, 2.24) is 19.1 Å². The van der Waals surface area contributed by atoms with Gasteiger partial charge in [-0.2, -0.15) is 0 Å². The summed E-state index contributed by atoms with van der Waals surface area (Å²) in [6.45, 7) is 0. The van der Waals surface area contributed by atoms with Gasteiger partial charge in [-0.05, 0) is 71.1 Å². The van der Waals surface area contributed by atoms with Crippen LogP contribution >= 0.6 is 11.3 Å². The van der Waals surface area contributed by atoms with Crippen molar-refractivity contribution in [3.8, 4) is 34.0 Å². The van der Waals surface area contributed by atoms with Crippen molar-refractivity contribution in [2.45, 2.75) is 0 Å². The zero-order valence-electron chi connectivity index (χ0n) is 31.7. The molecular weight excluding hydrogens is 737 g/mol. The van der Waals surface area contributed by atoms with E-state index < -0.39 is 0 Å². The molecule has 0 spiro atoms. The van der Waals surface area contributed by atoms with Gasteiger partial charge in [-0.1, -0.05) is 140 Å². The Morgan fingerprint density at radius 1 is 0.373 bits per heavy atom. The number of benzene rings is 9. The summed E-state index contributed by atoms with van der Waals surface area (Å²) in [5.41, 5.74) is 11.1. The first-order valence-electron chi connectivity index (χ1n) is 20.0. The fourth-order valence-corrected chi connectivity index (χ4v) is 10.8. The Morgan fingerprint density at radius 3 is 1.83 bits per heavy atom. The highest BCUT2D eigenvalue weighted by Crippen LogP contribution is 2.45. The first-order chi connectivity index (χ1) is 29.3. The fraction of sp³-hybridized carbons (Fsp3) is 0. The summed E-state index contributed by atoms with van der Waals surface area (Å²) >= 11 is 1.83. The molecule has 0 N–H and O–H groups in total. The van der Waals surface area contributed by atoms with Gasteiger partial charge in [-0.15, -0.1) is 11.3 Å². The molecule has 0 fully saturated rings. The lowest BCUT2D eigenvalue weighted by Gasteiger charge is -2.14. The van der Waals surface area contributed by atoms with Crippen LogP contribution in [-0.2, 0) is 0 Å². The van der Waals surface area contributed by atoms with Crippen LogP contribution in [0.4, 0.5) is 0 Å². The van der Waals surface area contributed by atoms with Gasteiger partial charge in [0.05, 0.1) is 33.3 Å². The molecule has 0 aliphatic rings. The summed E-state index contributed by atoms with van der Waals surface area (Å²) in [7, 11) is 0. The van der Waals surface area contributed by atoms with Gasteiger partial charge in [0.2, 0.25) is 5.95 Å². The topological polar surface area (TPSA) is 35.6 Å². The fourth-order valence-electron chi connectivity index (χ4n) is 9.57. The highest BCUT2D eigenvalue weighted by atomic mass is 32.1. The van der Waals surface area contributed by atoms with Crippen LogP contribution in [0.15, 0.2) is 194 Å². The molecule has 9 aromatic carbocycles. The summed E-state index contributed by atoms with van der Waals surface area (Å²) in [4.78, 5) is 10.9. The third-order valence-corrected chi connectivity index (χ3v) is 13.3.